The lowest BCUT2D eigenvalue weighted by Crippen LogP contribution is -2.31. The van der Waals surface area contributed by atoms with Gasteiger partial charge >= 0.3 is 0 Å². The van der Waals surface area contributed by atoms with Crippen LogP contribution in [0.25, 0.3) is 21.7 Å². The number of hydrogen-bond donors (Lipinski definition) is 3. The topological polar surface area (TPSA) is 104 Å². The van der Waals surface area contributed by atoms with Crippen LogP contribution in [0.15, 0.2) is 71.5 Å². The van der Waals surface area contributed by atoms with Crippen molar-refractivity contribution in [3.8, 4) is 0 Å². The lowest BCUT2D eigenvalue weighted by atomic mass is 10.0. The molecule has 0 aliphatic carbocycles. The Morgan fingerprint density at radius 3 is 2.30 bits per heavy atom. The summed E-state index contributed by atoms with van der Waals surface area (Å²) in [6.07, 6.45) is 0.542. The molecule has 0 spiro atoms. The Kier molecular flexibility index (Phi) is 5.52. The smallest absolute Gasteiger partial charge is 0.287 e. The van der Waals surface area contributed by atoms with E-state index in [1.807, 2.05) is 36.4 Å². The molecule has 7 nitrogen and oxygen atoms in total. The monoisotopic (exact) mass is 400 g/mol. The molecule has 0 aliphatic rings. The highest BCUT2D eigenvalue weighted by molar-refractivity contribution is 6.07. The number of aromatic amines is 1. The van der Waals surface area contributed by atoms with E-state index in [2.05, 4.69) is 20.6 Å². The summed E-state index contributed by atoms with van der Waals surface area (Å²) in [4.78, 5) is 43.5. The van der Waals surface area contributed by atoms with Crippen LogP contribution in [0.1, 0.15) is 27.4 Å². The molecule has 2 amide bonds. The number of rotatable bonds is 6. The first kappa shape index (κ1) is 19.3. The van der Waals surface area contributed by atoms with Crippen LogP contribution >= 0.6 is 0 Å². The number of carbonyl (C=O) groups excluding carboxylic acids is 2. The van der Waals surface area contributed by atoms with Gasteiger partial charge < -0.3 is 15.6 Å². The Labute approximate surface area is 172 Å². The van der Waals surface area contributed by atoms with Crippen LogP contribution in [0.2, 0.25) is 0 Å². The van der Waals surface area contributed by atoms with E-state index < -0.39 is 5.91 Å². The summed E-state index contributed by atoms with van der Waals surface area (Å²) >= 11 is 0. The number of benzene rings is 3. The number of nitrogens with one attached hydrogen (secondary N) is 3. The lowest BCUT2D eigenvalue weighted by molar-refractivity contribution is 0.0943. The second-order valence-corrected chi connectivity index (χ2v) is 6.82. The highest BCUT2D eigenvalue weighted by atomic mass is 16.2. The fourth-order valence-corrected chi connectivity index (χ4v) is 3.29. The van der Waals surface area contributed by atoms with Crippen molar-refractivity contribution in [1.29, 1.82) is 0 Å². The van der Waals surface area contributed by atoms with Gasteiger partial charge in [0.25, 0.3) is 17.4 Å². The van der Waals surface area contributed by atoms with Gasteiger partial charge in [-0.15, -0.1) is 0 Å². The summed E-state index contributed by atoms with van der Waals surface area (Å²) in [6.45, 7) is 0.745. The first-order chi connectivity index (χ1) is 14.6. The van der Waals surface area contributed by atoms with Crippen molar-refractivity contribution in [3.63, 3.8) is 0 Å². The number of para-hydroxylation sites is 1. The normalized spacial score (nSPS) is 10.8. The van der Waals surface area contributed by atoms with Gasteiger partial charge in [0.1, 0.15) is 0 Å². The van der Waals surface area contributed by atoms with Crippen molar-refractivity contribution in [1.82, 2.24) is 20.6 Å². The molecule has 0 saturated carbocycles. The van der Waals surface area contributed by atoms with Crippen LogP contribution in [-0.4, -0.2) is 34.9 Å². The van der Waals surface area contributed by atoms with E-state index in [0.717, 1.165) is 10.8 Å². The van der Waals surface area contributed by atoms with Gasteiger partial charge in [0, 0.05) is 18.7 Å². The molecule has 0 atom stereocenters. The summed E-state index contributed by atoms with van der Waals surface area (Å²) in [5.74, 6) is -0.643. The maximum atomic E-state index is 12.5. The molecule has 0 aliphatic heterocycles. The number of H-pyrrole nitrogens is 1. The van der Waals surface area contributed by atoms with E-state index in [1.165, 1.54) is 0 Å². The predicted molar refractivity (Wildman–Crippen MR) is 116 cm³/mol. The number of fused-ring (bicyclic) bond motifs is 2. The molecule has 3 aromatic carbocycles. The van der Waals surface area contributed by atoms with Crippen LogP contribution in [0.3, 0.4) is 0 Å². The zero-order valence-corrected chi connectivity index (χ0v) is 16.1. The fraction of sp³-hybridized carbons (Fsp3) is 0.130. The summed E-state index contributed by atoms with van der Waals surface area (Å²) in [6, 6.07) is 20.2. The zero-order valence-electron chi connectivity index (χ0n) is 16.1. The van der Waals surface area contributed by atoms with E-state index in [9.17, 15) is 14.4 Å². The third kappa shape index (κ3) is 4.05. The highest BCUT2D eigenvalue weighted by Gasteiger charge is 2.11. The van der Waals surface area contributed by atoms with Gasteiger partial charge in [0.15, 0.2) is 5.82 Å². The van der Waals surface area contributed by atoms with Gasteiger partial charge in [-0.3, -0.25) is 14.4 Å². The van der Waals surface area contributed by atoms with Crippen LogP contribution in [0, 0.1) is 0 Å². The van der Waals surface area contributed by atoms with E-state index in [-0.39, 0.29) is 17.3 Å². The molecule has 30 heavy (non-hydrogen) atoms. The molecular formula is C23H20N4O3. The SMILES string of the molecule is O=C(NCCCNC(=O)c1cccc2ccccc12)c1nc2ccccc2c(=O)[nH]1. The molecular weight excluding hydrogens is 380 g/mol. The molecule has 0 saturated heterocycles. The van der Waals surface area contributed by atoms with E-state index in [1.54, 1.807) is 30.3 Å². The number of hydrogen-bond acceptors (Lipinski definition) is 4. The van der Waals surface area contributed by atoms with Crippen molar-refractivity contribution >= 4 is 33.5 Å². The molecule has 150 valence electrons. The number of nitrogens with zero attached hydrogens (tertiary/aromatic N) is 1. The maximum absolute atomic E-state index is 12.5. The van der Waals surface area contributed by atoms with Gasteiger partial charge in [-0.2, -0.15) is 0 Å². The van der Waals surface area contributed by atoms with E-state index in [0.29, 0.717) is 36.0 Å². The molecule has 7 heteroatoms. The van der Waals surface area contributed by atoms with Gasteiger partial charge in [-0.1, -0.05) is 48.5 Å². The van der Waals surface area contributed by atoms with Crippen molar-refractivity contribution in [2.75, 3.05) is 13.1 Å². The van der Waals surface area contributed by atoms with Crippen LogP contribution in [0.5, 0.6) is 0 Å². The summed E-state index contributed by atoms with van der Waals surface area (Å²) in [5, 5.41) is 7.93. The first-order valence-electron chi connectivity index (χ1n) is 9.67. The minimum Gasteiger partial charge on any atom is -0.352 e. The quantitative estimate of drug-likeness (QED) is 0.433. The fourth-order valence-electron chi connectivity index (χ4n) is 3.29. The minimum atomic E-state index is -0.460. The van der Waals surface area contributed by atoms with Crippen LogP contribution in [-0.2, 0) is 0 Å². The third-order valence-corrected chi connectivity index (χ3v) is 4.79. The number of aromatic nitrogens is 2. The molecule has 0 radical (unpaired) electrons. The van der Waals surface area contributed by atoms with Crippen LogP contribution in [0.4, 0.5) is 0 Å². The van der Waals surface area contributed by atoms with Crippen LogP contribution < -0.4 is 16.2 Å². The molecule has 0 fully saturated rings. The van der Waals surface area contributed by atoms with Crippen molar-refractivity contribution in [2.24, 2.45) is 0 Å². The average Bonchev–Trinajstić information content (AvgIpc) is 2.78. The Morgan fingerprint density at radius 2 is 1.47 bits per heavy atom. The first-order valence-corrected chi connectivity index (χ1v) is 9.67. The Morgan fingerprint density at radius 1 is 0.800 bits per heavy atom. The Hall–Kier alpha value is -4.00. The minimum absolute atomic E-state index is 0.0292. The Balaban J connectivity index is 1.30. The maximum Gasteiger partial charge on any atom is 0.287 e. The number of carbonyl (C=O) groups is 2. The standard InChI is InChI=1S/C23H20N4O3/c28-21(17-11-5-8-15-7-1-2-9-16(15)17)24-13-6-14-25-23(30)20-26-19-12-4-3-10-18(19)22(29)27-20/h1-5,7-12H,6,13-14H2,(H,24,28)(H,25,30)(H,26,27,29). The van der Waals surface area contributed by atoms with Crippen molar-refractivity contribution in [2.45, 2.75) is 6.42 Å². The summed E-state index contributed by atoms with van der Waals surface area (Å²) in [7, 11) is 0. The second-order valence-electron chi connectivity index (χ2n) is 6.82. The second kappa shape index (κ2) is 8.57. The lowest BCUT2D eigenvalue weighted by Gasteiger charge is -2.09. The molecule has 0 unspecified atom stereocenters. The van der Waals surface area contributed by atoms with Crippen molar-refractivity contribution < 1.29 is 9.59 Å². The average molecular weight is 400 g/mol. The molecule has 4 rings (SSSR count). The van der Waals surface area contributed by atoms with Gasteiger partial charge in [0.2, 0.25) is 0 Å². The zero-order chi connectivity index (χ0) is 20.9. The molecule has 3 N–H and O–H groups in total. The van der Waals surface area contributed by atoms with E-state index >= 15 is 0 Å². The Bertz CT molecular complexity index is 1290. The summed E-state index contributed by atoms with van der Waals surface area (Å²) < 4.78 is 0. The van der Waals surface area contributed by atoms with Gasteiger partial charge in [0.05, 0.1) is 10.9 Å². The van der Waals surface area contributed by atoms with Gasteiger partial charge in [-0.25, -0.2) is 4.98 Å². The summed E-state index contributed by atoms with van der Waals surface area (Å²) in [5.41, 5.74) is 0.733. The molecule has 4 aromatic rings. The number of amides is 2. The third-order valence-electron chi connectivity index (χ3n) is 4.79. The van der Waals surface area contributed by atoms with Gasteiger partial charge in [-0.05, 0) is 35.4 Å². The predicted octanol–water partition coefficient (Wildman–Crippen LogP) is 2.63. The molecule has 1 heterocycles. The largest absolute Gasteiger partial charge is 0.352 e. The van der Waals surface area contributed by atoms with E-state index in [4.69, 9.17) is 0 Å². The molecule has 0 bridgehead atoms. The highest BCUT2D eigenvalue weighted by Crippen LogP contribution is 2.18. The molecule has 1 aromatic heterocycles. The van der Waals surface area contributed by atoms with Crippen molar-refractivity contribution in [3.05, 3.63) is 88.5 Å².